The highest BCUT2D eigenvalue weighted by Gasteiger charge is 2.02. The largest absolute Gasteiger partial charge is 0.497 e. The molecule has 0 saturated heterocycles. The maximum Gasteiger partial charge on any atom is 0.119 e. The van der Waals surface area contributed by atoms with E-state index in [4.69, 9.17) is 4.74 Å². The summed E-state index contributed by atoms with van der Waals surface area (Å²) in [6.45, 7) is 0. The monoisotopic (exact) mass is 250 g/mol. The van der Waals surface area contributed by atoms with Crippen LogP contribution in [0.25, 0.3) is 10.8 Å². The number of hydrogen-bond acceptors (Lipinski definition) is 3. The lowest BCUT2D eigenvalue weighted by molar-refractivity contribution is 0.415. The first-order valence-electron chi connectivity index (χ1n) is 6.10. The fourth-order valence-corrected chi connectivity index (χ4v) is 2.08. The second-order valence-corrected chi connectivity index (χ2v) is 4.25. The van der Waals surface area contributed by atoms with Crippen LogP contribution in [0.15, 0.2) is 60.9 Å². The number of pyridine rings is 1. The predicted octanol–water partition coefficient (Wildman–Crippen LogP) is 3.99. The predicted molar refractivity (Wildman–Crippen MR) is 78.0 cm³/mol. The van der Waals surface area contributed by atoms with Crippen LogP contribution in [0.4, 0.5) is 11.4 Å². The molecular weight excluding hydrogens is 236 g/mol. The Hall–Kier alpha value is -2.55. The smallest absolute Gasteiger partial charge is 0.119 e. The van der Waals surface area contributed by atoms with Crippen molar-refractivity contribution in [1.82, 2.24) is 4.98 Å². The Morgan fingerprint density at radius 2 is 1.84 bits per heavy atom. The Bertz CT molecular complexity index is 695. The number of nitrogens with zero attached hydrogens (tertiary/aromatic N) is 1. The lowest BCUT2D eigenvalue weighted by Gasteiger charge is -2.10. The van der Waals surface area contributed by atoms with E-state index in [1.807, 2.05) is 30.3 Å². The van der Waals surface area contributed by atoms with E-state index in [1.54, 1.807) is 19.5 Å². The van der Waals surface area contributed by atoms with Gasteiger partial charge in [0.05, 0.1) is 7.11 Å². The zero-order chi connectivity index (χ0) is 13.1. The second kappa shape index (κ2) is 4.98. The van der Waals surface area contributed by atoms with E-state index >= 15 is 0 Å². The minimum Gasteiger partial charge on any atom is -0.497 e. The van der Waals surface area contributed by atoms with Crippen LogP contribution in [0.3, 0.4) is 0 Å². The van der Waals surface area contributed by atoms with Crippen LogP contribution in [0.2, 0.25) is 0 Å². The molecule has 3 heteroatoms. The molecule has 0 saturated carbocycles. The maximum absolute atomic E-state index is 5.29. The number of rotatable bonds is 3. The average Bonchev–Trinajstić information content (AvgIpc) is 2.48. The fourth-order valence-electron chi connectivity index (χ4n) is 2.08. The second-order valence-electron chi connectivity index (χ2n) is 4.25. The first-order valence-corrected chi connectivity index (χ1v) is 6.10. The summed E-state index contributed by atoms with van der Waals surface area (Å²) in [6, 6.07) is 16.1. The molecule has 0 radical (unpaired) electrons. The standard InChI is InChI=1S/C16H14N2O/c1-19-14-6-5-12-3-2-4-16(15(12)11-14)18-13-7-9-17-10-8-13/h2-11H,1H3,(H,17,18). The lowest BCUT2D eigenvalue weighted by atomic mass is 10.1. The zero-order valence-corrected chi connectivity index (χ0v) is 10.6. The van der Waals surface area contributed by atoms with Crippen molar-refractivity contribution in [2.24, 2.45) is 0 Å². The summed E-state index contributed by atoms with van der Waals surface area (Å²) in [5.74, 6) is 0.858. The molecule has 3 aromatic rings. The Kier molecular flexibility index (Phi) is 3.02. The molecule has 0 aliphatic rings. The van der Waals surface area contributed by atoms with Crippen molar-refractivity contribution in [2.75, 3.05) is 12.4 Å². The SMILES string of the molecule is COc1ccc2cccc(Nc3ccncc3)c2c1. The fraction of sp³-hybridized carbons (Fsp3) is 0.0625. The van der Waals surface area contributed by atoms with Gasteiger partial charge >= 0.3 is 0 Å². The molecule has 0 fully saturated rings. The molecule has 0 amide bonds. The zero-order valence-electron chi connectivity index (χ0n) is 10.6. The molecule has 3 rings (SSSR count). The van der Waals surface area contributed by atoms with Crippen LogP contribution in [0, 0.1) is 0 Å². The summed E-state index contributed by atoms with van der Waals surface area (Å²) in [5, 5.41) is 5.72. The topological polar surface area (TPSA) is 34.1 Å². The van der Waals surface area contributed by atoms with Gasteiger partial charge in [-0.05, 0) is 35.7 Å². The van der Waals surface area contributed by atoms with E-state index in [0.29, 0.717) is 0 Å². The van der Waals surface area contributed by atoms with E-state index in [9.17, 15) is 0 Å². The molecule has 0 aliphatic carbocycles. The maximum atomic E-state index is 5.29. The Morgan fingerprint density at radius 3 is 2.63 bits per heavy atom. The van der Waals surface area contributed by atoms with Gasteiger partial charge in [0, 0.05) is 29.2 Å². The number of fused-ring (bicyclic) bond motifs is 1. The van der Waals surface area contributed by atoms with Gasteiger partial charge in [0.25, 0.3) is 0 Å². The summed E-state index contributed by atoms with van der Waals surface area (Å²) in [4.78, 5) is 4.02. The van der Waals surface area contributed by atoms with Gasteiger partial charge in [-0.1, -0.05) is 18.2 Å². The van der Waals surface area contributed by atoms with Gasteiger partial charge in [0.2, 0.25) is 0 Å². The number of aromatic nitrogens is 1. The number of hydrogen-bond donors (Lipinski definition) is 1. The first-order chi connectivity index (χ1) is 9.36. The average molecular weight is 250 g/mol. The van der Waals surface area contributed by atoms with Crippen LogP contribution in [-0.4, -0.2) is 12.1 Å². The van der Waals surface area contributed by atoms with Gasteiger partial charge in [-0.2, -0.15) is 0 Å². The van der Waals surface area contributed by atoms with E-state index in [0.717, 1.165) is 22.5 Å². The summed E-state index contributed by atoms with van der Waals surface area (Å²) < 4.78 is 5.29. The van der Waals surface area contributed by atoms with E-state index in [-0.39, 0.29) is 0 Å². The molecular formula is C16H14N2O. The summed E-state index contributed by atoms with van der Waals surface area (Å²) in [5.41, 5.74) is 2.08. The van der Waals surface area contributed by atoms with Crippen molar-refractivity contribution >= 4 is 22.1 Å². The Morgan fingerprint density at radius 1 is 1.00 bits per heavy atom. The van der Waals surface area contributed by atoms with Gasteiger partial charge in [-0.3, -0.25) is 4.98 Å². The number of anilines is 2. The Balaban J connectivity index is 2.07. The van der Waals surface area contributed by atoms with E-state index in [2.05, 4.69) is 28.5 Å². The third-order valence-corrected chi connectivity index (χ3v) is 3.05. The molecule has 0 unspecified atom stereocenters. The highest BCUT2D eigenvalue weighted by atomic mass is 16.5. The molecule has 1 heterocycles. The quantitative estimate of drug-likeness (QED) is 0.763. The molecule has 1 N–H and O–H groups in total. The highest BCUT2D eigenvalue weighted by Crippen LogP contribution is 2.29. The minimum atomic E-state index is 0.858. The van der Waals surface area contributed by atoms with Crippen LogP contribution >= 0.6 is 0 Å². The van der Waals surface area contributed by atoms with Crippen LogP contribution in [0.5, 0.6) is 5.75 Å². The third kappa shape index (κ3) is 2.36. The van der Waals surface area contributed by atoms with Gasteiger partial charge in [-0.25, -0.2) is 0 Å². The number of benzene rings is 2. The van der Waals surface area contributed by atoms with Gasteiger partial charge < -0.3 is 10.1 Å². The van der Waals surface area contributed by atoms with Gasteiger partial charge in [-0.15, -0.1) is 0 Å². The molecule has 0 atom stereocenters. The van der Waals surface area contributed by atoms with Crippen molar-refractivity contribution in [3.63, 3.8) is 0 Å². The highest BCUT2D eigenvalue weighted by molar-refractivity contribution is 5.96. The van der Waals surface area contributed by atoms with Crippen molar-refractivity contribution in [3.8, 4) is 5.75 Å². The molecule has 1 aromatic heterocycles. The molecule has 3 nitrogen and oxygen atoms in total. The molecule has 2 aromatic carbocycles. The number of methoxy groups -OCH3 is 1. The lowest BCUT2D eigenvalue weighted by Crippen LogP contribution is -1.92. The van der Waals surface area contributed by atoms with Gasteiger partial charge in [0.15, 0.2) is 0 Å². The summed E-state index contributed by atoms with van der Waals surface area (Å²) >= 11 is 0. The van der Waals surface area contributed by atoms with Crippen molar-refractivity contribution in [1.29, 1.82) is 0 Å². The van der Waals surface area contributed by atoms with Crippen molar-refractivity contribution < 1.29 is 4.74 Å². The number of ether oxygens (including phenoxy) is 1. The van der Waals surface area contributed by atoms with E-state index in [1.165, 1.54) is 5.39 Å². The van der Waals surface area contributed by atoms with Crippen molar-refractivity contribution in [2.45, 2.75) is 0 Å². The molecule has 0 bridgehead atoms. The normalized spacial score (nSPS) is 10.4. The summed E-state index contributed by atoms with van der Waals surface area (Å²) in [6.07, 6.45) is 3.54. The molecule has 0 spiro atoms. The summed E-state index contributed by atoms with van der Waals surface area (Å²) in [7, 11) is 1.68. The molecule has 94 valence electrons. The minimum absolute atomic E-state index is 0.858. The van der Waals surface area contributed by atoms with Crippen LogP contribution in [0.1, 0.15) is 0 Å². The molecule has 19 heavy (non-hydrogen) atoms. The first kappa shape index (κ1) is 11.5. The third-order valence-electron chi connectivity index (χ3n) is 3.05. The van der Waals surface area contributed by atoms with Gasteiger partial charge in [0.1, 0.15) is 5.75 Å². The van der Waals surface area contributed by atoms with Crippen molar-refractivity contribution in [3.05, 3.63) is 60.9 Å². The van der Waals surface area contributed by atoms with Crippen LogP contribution < -0.4 is 10.1 Å². The van der Waals surface area contributed by atoms with Crippen LogP contribution in [-0.2, 0) is 0 Å². The number of nitrogens with one attached hydrogen (secondary N) is 1. The molecule has 0 aliphatic heterocycles. The Labute approximate surface area is 111 Å². The van der Waals surface area contributed by atoms with E-state index < -0.39 is 0 Å².